The number of imide groups is 1. The number of halogens is 3. The zero-order chi connectivity index (χ0) is 24.2. The second kappa shape index (κ2) is 9.86. The first-order chi connectivity index (χ1) is 15.6. The smallest absolute Gasteiger partial charge is 0.416 e. The molecule has 12 heteroatoms. The molecule has 176 valence electrons. The van der Waals surface area contributed by atoms with Crippen LogP contribution in [-0.2, 0) is 11.0 Å². The van der Waals surface area contributed by atoms with Gasteiger partial charge in [0.2, 0.25) is 5.91 Å². The molecule has 2 aromatic rings. The second-order valence-electron chi connectivity index (χ2n) is 7.33. The summed E-state index contributed by atoms with van der Waals surface area (Å²) in [5, 5.41) is 13.6. The second-order valence-corrected chi connectivity index (χ2v) is 7.33. The molecular formula is C21H21F3N4O5. The first-order valence-electron chi connectivity index (χ1n) is 9.89. The summed E-state index contributed by atoms with van der Waals surface area (Å²) in [6.07, 6.45) is -4.68. The van der Waals surface area contributed by atoms with E-state index in [4.69, 9.17) is 4.74 Å². The highest BCUT2D eigenvalue weighted by Crippen LogP contribution is 2.36. The van der Waals surface area contributed by atoms with Gasteiger partial charge in [-0.2, -0.15) is 13.2 Å². The average Bonchev–Trinajstić information content (AvgIpc) is 2.78. The number of carbonyl (C=O) groups excluding carboxylic acids is 2. The van der Waals surface area contributed by atoms with Crippen LogP contribution in [0.3, 0.4) is 0 Å². The number of hydrogen-bond donors (Lipinski definition) is 1. The Morgan fingerprint density at radius 3 is 2.27 bits per heavy atom. The Labute approximate surface area is 186 Å². The SMILES string of the molecule is COc1ccc(C(=O)NC(=O)CN2CCN(c3ccc(C(F)(F)F)cc3[N+](=O)[O-])CC2)cc1. The van der Waals surface area contributed by atoms with Crippen LogP contribution in [0, 0.1) is 10.1 Å². The van der Waals surface area contributed by atoms with E-state index in [9.17, 15) is 32.9 Å². The lowest BCUT2D eigenvalue weighted by atomic mass is 10.1. The van der Waals surface area contributed by atoms with Gasteiger partial charge in [0, 0.05) is 37.8 Å². The highest BCUT2D eigenvalue weighted by molar-refractivity contribution is 6.05. The van der Waals surface area contributed by atoms with Gasteiger partial charge in [-0.25, -0.2) is 0 Å². The van der Waals surface area contributed by atoms with E-state index < -0.39 is 34.2 Å². The highest BCUT2D eigenvalue weighted by atomic mass is 19.4. The van der Waals surface area contributed by atoms with Gasteiger partial charge in [-0.05, 0) is 36.4 Å². The molecule has 1 fully saturated rings. The van der Waals surface area contributed by atoms with E-state index in [1.165, 1.54) is 19.2 Å². The third kappa shape index (κ3) is 5.98. The lowest BCUT2D eigenvalue weighted by molar-refractivity contribution is -0.384. The van der Waals surface area contributed by atoms with Gasteiger partial charge in [-0.1, -0.05) is 0 Å². The Bertz CT molecular complexity index is 1040. The van der Waals surface area contributed by atoms with Crippen molar-refractivity contribution >= 4 is 23.2 Å². The molecule has 0 unspecified atom stereocenters. The molecule has 2 amide bonds. The molecule has 1 heterocycles. The van der Waals surface area contributed by atoms with Gasteiger partial charge in [-0.15, -0.1) is 0 Å². The molecule has 1 aliphatic heterocycles. The monoisotopic (exact) mass is 466 g/mol. The fourth-order valence-electron chi connectivity index (χ4n) is 3.44. The van der Waals surface area contributed by atoms with E-state index in [2.05, 4.69) is 5.32 Å². The highest BCUT2D eigenvalue weighted by Gasteiger charge is 2.34. The van der Waals surface area contributed by atoms with Crippen molar-refractivity contribution in [2.75, 3.05) is 44.7 Å². The number of nitrogens with one attached hydrogen (secondary N) is 1. The number of nitro benzene ring substituents is 1. The maximum Gasteiger partial charge on any atom is 0.416 e. The molecule has 0 aliphatic carbocycles. The van der Waals surface area contributed by atoms with Crippen LogP contribution in [0.1, 0.15) is 15.9 Å². The minimum absolute atomic E-state index is 0.0646. The van der Waals surface area contributed by atoms with Crippen LogP contribution in [0.25, 0.3) is 0 Å². The number of ether oxygens (including phenoxy) is 1. The predicted molar refractivity (Wildman–Crippen MR) is 112 cm³/mol. The normalized spacial score (nSPS) is 14.6. The van der Waals surface area contributed by atoms with E-state index >= 15 is 0 Å². The third-order valence-electron chi connectivity index (χ3n) is 5.18. The van der Waals surface area contributed by atoms with Crippen LogP contribution in [0.4, 0.5) is 24.5 Å². The number of hydrogen-bond acceptors (Lipinski definition) is 7. The zero-order valence-corrected chi connectivity index (χ0v) is 17.6. The summed E-state index contributed by atoms with van der Waals surface area (Å²) >= 11 is 0. The predicted octanol–water partition coefficient (Wildman–Crippen LogP) is 2.70. The number of methoxy groups -OCH3 is 1. The molecule has 2 aromatic carbocycles. The Morgan fingerprint density at radius 2 is 1.73 bits per heavy atom. The third-order valence-corrected chi connectivity index (χ3v) is 5.18. The summed E-state index contributed by atoms with van der Waals surface area (Å²) in [5.74, 6) is -0.490. The van der Waals surface area contributed by atoms with Crippen LogP contribution >= 0.6 is 0 Å². The first-order valence-corrected chi connectivity index (χ1v) is 9.89. The van der Waals surface area contributed by atoms with Gasteiger partial charge >= 0.3 is 6.18 Å². The minimum atomic E-state index is -4.68. The molecule has 0 radical (unpaired) electrons. The number of rotatable bonds is 6. The number of benzene rings is 2. The Hall–Kier alpha value is -3.67. The summed E-state index contributed by atoms with van der Waals surface area (Å²) in [6.45, 7) is 1.15. The average molecular weight is 466 g/mol. The van der Waals surface area contributed by atoms with E-state index in [1.807, 2.05) is 0 Å². The van der Waals surface area contributed by atoms with Crippen molar-refractivity contribution < 1.29 is 32.4 Å². The number of amides is 2. The minimum Gasteiger partial charge on any atom is -0.497 e. The molecule has 33 heavy (non-hydrogen) atoms. The summed E-state index contributed by atoms with van der Waals surface area (Å²) < 4.78 is 43.7. The van der Waals surface area contributed by atoms with Crippen molar-refractivity contribution in [1.29, 1.82) is 0 Å². The largest absolute Gasteiger partial charge is 0.497 e. The molecule has 3 rings (SSSR count). The van der Waals surface area contributed by atoms with Gasteiger partial charge in [-0.3, -0.25) is 29.9 Å². The van der Waals surface area contributed by atoms with Crippen molar-refractivity contribution in [3.05, 3.63) is 63.7 Å². The maximum absolute atomic E-state index is 12.9. The van der Waals surface area contributed by atoms with E-state index in [0.29, 0.717) is 30.5 Å². The molecule has 0 aromatic heterocycles. The summed E-state index contributed by atoms with van der Waals surface area (Å²) in [5.41, 5.74) is -1.33. The quantitative estimate of drug-likeness (QED) is 0.516. The summed E-state index contributed by atoms with van der Waals surface area (Å²) in [7, 11) is 1.49. The van der Waals surface area contributed by atoms with Crippen molar-refractivity contribution in [3.8, 4) is 5.75 Å². The molecule has 1 saturated heterocycles. The van der Waals surface area contributed by atoms with Crippen LogP contribution in [0.15, 0.2) is 42.5 Å². The van der Waals surface area contributed by atoms with Crippen LogP contribution in [0.5, 0.6) is 5.75 Å². The molecule has 1 aliphatic rings. The van der Waals surface area contributed by atoms with E-state index in [-0.39, 0.29) is 25.3 Å². The molecule has 0 spiro atoms. The molecule has 9 nitrogen and oxygen atoms in total. The molecule has 0 bridgehead atoms. The topological polar surface area (TPSA) is 105 Å². The molecule has 0 atom stereocenters. The van der Waals surface area contributed by atoms with Crippen LogP contribution < -0.4 is 15.0 Å². The lowest BCUT2D eigenvalue weighted by Gasteiger charge is -2.35. The Balaban J connectivity index is 1.57. The van der Waals surface area contributed by atoms with Gasteiger partial charge < -0.3 is 9.64 Å². The van der Waals surface area contributed by atoms with Crippen molar-refractivity contribution in [1.82, 2.24) is 10.2 Å². The van der Waals surface area contributed by atoms with Gasteiger partial charge in [0.15, 0.2) is 0 Å². The summed E-state index contributed by atoms with van der Waals surface area (Å²) in [4.78, 5) is 38.3. The fraction of sp³-hybridized carbons (Fsp3) is 0.333. The van der Waals surface area contributed by atoms with E-state index in [0.717, 1.165) is 12.1 Å². The van der Waals surface area contributed by atoms with Crippen molar-refractivity contribution in [2.45, 2.75) is 6.18 Å². The molecule has 1 N–H and O–H groups in total. The first kappa shape index (κ1) is 24.0. The number of alkyl halides is 3. The van der Waals surface area contributed by atoms with Crippen molar-refractivity contribution in [2.24, 2.45) is 0 Å². The number of carbonyl (C=O) groups is 2. The standard InChI is InChI=1S/C21H21F3N4O5/c1-33-16-5-2-14(3-6-16)20(30)25-19(29)13-26-8-10-27(11-9-26)17-7-4-15(21(22,23)24)12-18(17)28(31)32/h2-7,12H,8-11,13H2,1H3,(H,25,29,30). The number of piperazine rings is 1. The number of nitro groups is 1. The number of nitrogens with zero attached hydrogens (tertiary/aromatic N) is 3. The van der Waals surface area contributed by atoms with Gasteiger partial charge in [0.25, 0.3) is 11.6 Å². The van der Waals surface area contributed by atoms with Crippen LogP contribution in [-0.4, -0.2) is 61.5 Å². The molecule has 0 saturated carbocycles. The number of anilines is 1. The lowest BCUT2D eigenvalue weighted by Crippen LogP contribution is -2.50. The fourth-order valence-corrected chi connectivity index (χ4v) is 3.44. The van der Waals surface area contributed by atoms with Crippen molar-refractivity contribution in [3.63, 3.8) is 0 Å². The Kier molecular flexibility index (Phi) is 7.16. The Morgan fingerprint density at radius 1 is 1.09 bits per heavy atom. The maximum atomic E-state index is 12.9. The van der Waals surface area contributed by atoms with Crippen LogP contribution in [0.2, 0.25) is 0 Å². The zero-order valence-electron chi connectivity index (χ0n) is 17.6. The van der Waals surface area contributed by atoms with Gasteiger partial charge in [0.1, 0.15) is 11.4 Å². The van der Waals surface area contributed by atoms with E-state index in [1.54, 1.807) is 21.9 Å². The van der Waals surface area contributed by atoms with Gasteiger partial charge in [0.05, 0.1) is 24.1 Å². The summed E-state index contributed by atoms with van der Waals surface area (Å²) in [6, 6.07) is 8.68. The molecular weight excluding hydrogens is 445 g/mol.